The van der Waals surface area contributed by atoms with Crippen molar-refractivity contribution < 1.29 is 14.3 Å². The molecular formula is C13H19N3O3. The maximum atomic E-state index is 11.7. The summed E-state index contributed by atoms with van der Waals surface area (Å²) in [5.41, 5.74) is 7.81. The summed E-state index contributed by atoms with van der Waals surface area (Å²) in [5, 5.41) is 5.39. The van der Waals surface area contributed by atoms with Gasteiger partial charge >= 0.3 is 0 Å². The van der Waals surface area contributed by atoms with Gasteiger partial charge in [0.1, 0.15) is 6.04 Å². The van der Waals surface area contributed by atoms with Crippen LogP contribution in [0, 0.1) is 6.92 Å². The van der Waals surface area contributed by atoms with Crippen LogP contribution in [-0.4, -0.2) is 31.6 Å². The van der Waals surface area contributed by atoms with E-state index in [0.29, 0.717) is 11.4 Å². The Labute approximate surface area is 112 Å². The molecule has 0 aliphatic carbocycles. The molecule has 0 aromatic heterocycles. The van der Waals surface area contributed by atoms with Crippen LogP contribution in [0.2, 0.25) is 0 Å². The number of methoxy groups -OCH3 is 1. The van der Waals surface area contributed by atoms with Crippen LogP contribution in [0.25, 0.3) is 0 Å². The van der Waals surface area contributed by atoms with Crippen LogP contribution in [0.4, 0.5) is 11.4 Å². The number of hydrogen-bond acceptors (Lipinski definition) is 4. The second-order valence-electron chi connectivity index (χ2n) is 4.26. The molecule has 2 amide bonds. The van der Waals surface area contributed by atoms with Gasteiger partial charge in [-0.1, -0.05) is 0 Å². The first kappa shape index (κ1) is 15.1. The fourth-order valence-electron chi connectivity index (χ4n) is 1.56. The van der Waals surface area contributed by atoms with Crippen LogP contribution in [0.1, 0.15) is 12.5 Å². The molecule has 0 spiro atoms. The quantitative estimate of drug-likeness (QED) is 0.736. The molecule has 0 radical (unpaired) electrons. The zero-order valence-corrected chi connectivity index (χ0v) is 11.3. The van der Waals surface area contributed by atoms with Gasteiger partial charge in [0.2, 0.25) is 11.8 Å². The lowest BCUT2D eigenvalue weighted by Crippen LogP contribution is -2.39. The predicted octanol–water partition coefficient (Wildman–Crippen LogP) is 0.866. The van der Waals surface area contributed by atoms with Crippen molar-refractivity contribution in [3.05, 3.63) is 23.8 Å². The Balaban J connectivity index is 2.73. The normalized spacial score (nSPS) is 11.8. The molecule has 19 heavy (non-hydrogen) atoms. The van der Waals surface area contributed by atoms with Gasteiger partial charge < -0.3 is 21.1 Å². The molecule has 1 aromatic rings. The number of amides is 2. The van der Waals surface area contributed by atoms with E-state index >= 15 is 0 Å². The third-order valence-electron chi connectivity index (χ3n) is 2.49. The molecule has 0 aliphatic heterocycles. The lowest BCUT2D eigenvalue weighted by atomic mass is 10.1. The minimum atomic E-state index is -0.708. The van der Waals surface area contributed by atoms with Crippen LogP contribution < -0.4 is 16.4 Å². The predicted molar refractivity (Wildman–Crippen MR) is 74.0 cm³/mol. The highest BCUT2D eigenvalue weighted by Gasteiger charge is 2.13. The fraction of sp³-hybridized carbons (Fsp3) is 0.385. The minimum absolute atomic E-state index is 0.137. The van der Waals surface area contributed by atoms with Crippen LogP contribution in [-0.2, 0) is 14.3 Å². The number of ether oxygens (including phenoxy) is 1. The van der Waals surface area contributed by atoms with Gasteiger partial charge in [0.15, 0.2) is 0 Å². The van der Waals surface area contributed by atoms with Crippen molar-refractivity contribution in [3.8, 4) is 0 Å². The summed E-state index contributed by atoms with van der Waals surface area (Å²) in [6.07, 6.45) is 0. The Morgan fingerprint density at radius 3 is 2.58 bits per heavy atom. The lowest BCUT2D eigenvalue weighted by molar-refractivity contribution is -0.118. The van der Waals surface area contributed by atoms with Crippen LogP contribution >= 0.6 is 0 Å². The Morgan fingerprint density at radius 1 is 1.37 bits per heavy atom. The molecule has 1 atom stereocenters. The number of rotatable bonds is 5. The number of aryl methyl sites for hydroxylation is 1. The van der Waals surface area contributed by atoms with Crippen LogP contribution in [0.5, 0.6) is 0 Å². The molecule has 1 aromatic carbocycles. The van der Waals surface area contributed by atoms with Gasteiger partial charge in [-0.05, 0) is 30.7 Å². The van der Waals surface area contributed by atoms with Crippen molar-refractivity contribution in [2.45, 2.75) is 19.9 Å². The van der Waals surface area contributed by atoms with Gasteiger partial charge in [0.05, 0.1) is 6.61 Å². The minimum Gasteiger partial charge on any atom is -0.383 e. The average Bonchev–Trinajstić information content (AvgIpc) is 2.32. The van der Waals surface area contributed by atoms with E-state index in [1.54, 1.807) is 18.2 Å². The molecule has 0 bridgehead atoms. The largest absolute Gasteiger partial charge is 0.383 e. The second-order valence-corrected chi connectivity index (χ2v) is 4.26. The molecule has 4 N–H and O–H groups in total. The Morgan fingerprint density at radius 2 is 2.05 bits per heavy atom. The van der Waals surface area contributed by atoms with E-state index in [2.05, 4.69) is 10.6 Å². The van der Waals surface area contributed by atoms with Crippen molar-refractivity contribution in [2.75, 3.05) is 24.4 Å². The molecule has 0 fully saturated rings. The van der Waals surface area contributed by atoms with Crippen LogP contribution in [0.3, 0.4) is 0 Å². The van der Waals surface area contributed by atoms with Gasteiger partial charge in [-0.3, -0.25) is 9.59 Å². The third kappa shape index (κ3) is 4.69. The lowest BCUT2D eigenvalue weighted by Gasteiger charge is -2.13. The summed E-state index contributed by atoms with van der Waals surface area (Å²) < 4.78 is 4.82. The molecule has 104 valence electrons. The van der Waals surface area contributed by atoms with E-state index in [1.807, 2.05) is 6.92 Å². The van der Waals surface area contributed by atoms with Crippen LogP contribution in [0.15, 0.2) is 18.2 Å². The maximum absolute atomic E-state index is 11.7. The zero-order valence-electron chi connectivity index (χ0n) is 11.3. The van der Waals surface area contributed by atoms with E-state index in [4.69, 9.17) is 10.5 Å². The Hall–Kier alpha value is -1.92. The summed E-state index contributed by atoms with van der Waals surface area (Å²) in [4.78, 5) is 22.7. The highest BCUT2D eigenvalue weighted by Crippen LogP contribution is 2.19. The molecule has 0 saturated heterocycles. The monoisotopic (exact) mass is 265 g/mol. The molecule has 6 heteroatoms. The van der Waals surface area contributed by atoms with Gasteiger partial charge in [-0.25, -0.2) is 0 Å². The van der Waals surface area contributed by atoms with E-state index in [1.165, 1.54) is 14.0 Å². The van der Waals surface area contributed by atoms with Gasteiger partial charge in [-0.15, -0.1) is 0 Å². The SMILES string of the molecule is COCC(N)C(=O)Nc1ccc(NC(C)=O)c(C)c1. The molecule has 0 heterocycles. The van der Waals surface area contributed by atoms with Gasteiger partial charge in [-0.2, -0.15) is 0 Å². The van der Waals surface area contributed by atoms with E-state index in [-0.39, 0.29) is 18.4 Å². The van der Waals surface area contributed by atoms with Crippen molar-refractivity contribution in [2.24, 2.45) is 5.73 Å². The first-order valence-corrected chi connectivity index (χ1v) is 5.87. The first-order valence-electron chi connectivity index (χ1n) is 5.87. The number of hydrogen-bond donors (Lipinski definition) is 3. The Bertz CT molecular complexity index is 474. The van der Waals surface area contributed by atoms with E-state index in [9.17, 15) is 9.59 Å². The standard InChI is InChI=1S/C13H19N3O3/c1-8-6-10(4-5-12(8)15-9(2)17)16-13(18)11(14)7-19-3/h4-6,11H,7,14H2,1-3H3,(H,15,17)(H,16,18). The number of carbonyl (C=O) groups excluding carboxylic acids is 2. The van der Waals surface area contributed by atoms with E-state index in [0.717, 1.165) is 5.56 Å². The van der Waals surface area contributed by atoms with Gasteiger partial charge in [0, 0.05) is 25.4 Å². The molecule has 0 aliphatic rings. The van der Waals surface area contributed by atoms with Crippen molar-refractivity contribution in [1.82, 2.24) is 0 Å². The molecule has 0 saturated carbocycles. The summed E-state index contributed by atoms with van der Waals surface area (Å²) in [7, 11) is 1.49. The highest BCUT2D eigenvalue weighted by atomic mass is 16.5. The second kappa shape index (κ2) is 6.86. The maximum Gasteiger partial charge on any atom is 0.243 e. The molecule has 1 unspecified atom stereocenters. The molecule has 6 nitrogen and oxygen atoms in total. The number of anilines is 2. The topological polar surface area (TPSA) is 93.4 Å². The third-order valence-corrected chi connectivity index (χ3v) is 2.49. The number of nitrogens with one attached hydrogen (secondary N) is 2. The zero-order chi connectivity index (χ0) is 14.4. The number of nitrogens with two attached hydrogens (primary N) is 1. The Kier molecular flexibility index (Phi) is 5.47. The highest BCUT2D eigenvalue weighted by molar-refractivity contribution is 5.95. The van der Waals surface area contributed by atoms with E-state index < -0.39 is 6.04 Å². The number of carbonyl (C=O) groups is 2. The van der Waals surface area contributed by atoms with Crippen molar-refractivity contribution >= 4 is 23.2 Å². The van der Waals surface area contributed by atoms with Gasteiger partial charge in [0.25, 0.3) is 0 Å². The fourth-order valence-corrected chi connectivity index (χ4v) is 1.56. The van der Waals surface area contributed by atoms with Crippen molar-refractivity contribution in [3.63, 3.8) is 0 Å². The smallest absolute Gasteiger partial charge is 0.243 e. The van der Waals surface area contributed by atoms with Crippen molar-refractivity contribution in [1.29, 1.82) is 0 Å². The summed E-state index contributed by atoms with van der Waals surface area (Å²) in [6.45, 7) is 3.45. The molecule has 1 rings (SSSR count). The summed E-state index contributed by atoms with van der Waals surface area (Å²) in [6, 6.07) is 4.49. The first-order chi connectivity index (χ1) is 8.93. The number of benzene rings is 1. The average molecular weight is 265 g/mol. The summed E-state index contributed by atoms with van der Waals surface area (Å²) in [5.74, 6) is -0.449. The summed E-state index contributed by atoms with van der Waals surface area (Å²) >= 11 is 0. The molecular weight excluding hydrogens is 246 g/mol.